The van der Waals surface area contributed by atoms with Gasteiger partial charge in [0.1, 0.15) is 35.7 Å². The molecule has 0 saturated heterocycles. The van der Waals surface area contributed by atoms with Crippen LogP contribution in [0.3, 0.4) is 0 Å². The van der Waals surface area contributed by atoms with Crippen molar-refractivity contribution in [3.05, 3.63) is 76.7 Å². The van der Waals surface area contributed by atoms with Gasteiger partial charge in [-0.3, -0.25) is 14.9 Å². The number of sulfonamides is 1. The molecule has 3 aromatic rings. The van der Waals surface area contributed by atoms with Crippen molar-refractivity contribution in [3.63, 3.8) is 0 Å². The van der Waals surface area contributed by atoms with Crippen molar-refractivity contribution >= 4 is 33.3 Å². The molecule has 0 fully saturated rings. The van der Waals surface area contributed by atoms with E-state index in [0.717, 1.165) is 24.3 Å². The molecule has 0 saturated carbocycles. The minimum absolute atomic E-state index is 0. The first-order chi connectivity index (χ1) is 21.3. The number of anilines is 1. The third-order valence-electron chi connectivity index (χ3n) is 7.06. The number of aliphatic hydroxyl groups excluding tert-OH is 3. The number of non-ortho nitro benzene ring substituents is 1. The maximum Gasteiger partial charge on any atom is 1.00 e. The first-order valence-electron chi connectivity index (χ1n) is 13.4. The van der Waals surface area contributed by atoms with Gasteiger partial charge < -0.3 is 35.3 Å². The van der Waals surface area contributed by atoms with Crippen LogP contribution in [0.5, 0.6) is 0 Å². The predicted molar refractivity (Wildman–Crippen MR) is 152 cm³/mol. The molecule has 0 unspecified atom stereocenters. The van der Waals surface area contributed by atoms with E-state index in [0.29, 0.717) is 11.3 Å². The zero-order valence-corrected chi connectivity index (χ0v) is 27.4. The van der Waals surface area contributed by atoms with Gasteiger partial charge >= 0.3 is 29.6 Å². The van der Waals surface area contributed by atoms with Crippen LogP contribution in [0, 0.1) is 16.0 Å². The number of amides is 1. The number of nitro benzene ring substituents is 1. The summed E-state index contributed by atoms with van der Waals surface area (Å²) in [7, 11) is -4.03. The molecule has 0 spiro atoms. The number of ether oxygens (including phenoxy) is 1. The fourth-order valence-electron chi connectivity index (χ4n) is 4.64. The fraction of sp³-hybridized carbons (Fsp3) is 0.333. The van der Waals surface area contributed by atoms with E-state index in [1.165, 1.54) is 17.0 Å². The molecule has 1 aliphatic rings. The Hall–Kier alpha value is -3.75. The molecule has 19 heteroatoms. The second kappa shape index (κ2) is 15.7. The van der Waals surface area contributed by atoms with E-state index in [1.807, 2.05) is 0 Å². The SMILES string of the molecule is C[C@H]1[C@H]([C@H](O)[C@H](O)CO)OC(C(=O)[O-])=C[C@@H]1n1cc(-c2ccccc2NC(=O)CCNS(=O)(=O)c2ccc([N+](=O)[O-])cc2)nn1.[Na+]. The minimum atomic E-state index is -4.03. The molecular formula is C27H29N6NaO11S. The van der Waals surface area contributed by atoms with Crippen LogP contribution in [0.1, 0.15) is 19.4 Å². The number of aromatic nitrogens is 3. The maximum absolute atomic E-state index is 12.7. The van der Waals surface area contributed by atoms with E-state index in [2.05, 4.69) is 20.4 Å². The number of carboxylic acids is 1. The zero-order chi connectivity index (χ0) is 32.9. The number of carbonyl (C=O) groups excluding carboxylic acids is 2. The number of aliphatic hydroxyl groups is 3. The molecule has 4 rings (SSSR count). The van der Waals surface area contributed by atoms with Gasteiger partial charge in [-0.25, -0.2) is 17.8 Å². The van der Waals surface area contributed by atoms with Crippen LogP contribution in [-0.2, 0) is 24.3 Å². The number of hydrogen-bond donors (Lipinski definition) is 5. The van der Waals surface area contributed by atoms with E-state index in [4.69, 9.17) is 4.74 Å². The number of aliphatic carboxylic acids is 1. The summed E-state index contributed by atoms with van der Waals surface area (Å²) in [6.45, 7) is 0.567. The van der Waals surface area contributed by atoms with Gasteiger partial charge in [0.25, 0.3) is 5.69 Å². The van der Waals surface area contributed by atoms with Gasteiger partial charge in [-0.1, -0.05) is 30.3 Å². The van der Waals surface area contributed by atoms with Crippen molar-refractivity contribution in [2.24, 2.45) is 5.92 Å². The van der Waals surface area contributed by atoms with E-state index < -0.39 is 69.5 Å². The molecule has 240 valence electrons. The molecular weight excluding hydrogens is 639 g/mol. The van der Waals surface area contributed by atoms with Crippen LogP contribution in [-0.4, -0.2) is 87.0 Å². The Bertz CT molecular complexity index is 1700. The number of nitrogens with one attached hydrogen (secondary N) is 2. The molecule has 5 N–H and O–H groups in total. The summed E-state index contributed by atoms with van der Waals surface area (Å²) in [6, 6.07) is 10.00. The summed E-state index contributed by atoms with van der Waals surface area (Å²) in [5, 5.41) is 62.9. The molecule has 1 aliphatic heterocycles. The average molecular weight is 669 g/mol. The van der Waals surface area contributed by atoms with Crippen LogP contribution < -0.4 is 44.7 Å². The number of allylic oxidation sites excluding steroid dienone is 1. The Kier molecular flexibility index (Phi) is 12.5. The van der Waals surface area contributed by atoms with Gasteiger partial charge in [0, 0.05) is 36.6 Å². The fourth-order valence-corrected chi connectivity index (χ4v) is 5.67. The second-order valence-corrected chi connectivity index (χ2v) is 11.8. The number of hydrogen-bond acceptors (Lipinski definition) is 13. The van der Waals surface area contributed by atoms with Gasteiger partial charge in [0.05, 0.1) is 34.4 Å². The molecule has 17 nitrogen and oxygen atoms in total. The van der Waals surface area contributed by atoms with Crippen LogP contribution in [0.2, 0.25) is 0 Å². The van der Waals surface area contributed by atoms with E-state index in [9.17, 15) is 48.5 Å². The molecule has 2 aromatic carbocycles. The Balaban J connectivity index is 0.00000576. The first-order valence-corrected chi connectivity index (χ1v) is 14.9. The Labute approximate surface area is 284 Å². The van der Waals surface area contributed by atoms with Crippen molar-refractivity contribution in [1.82, 2.24) is 19.7 Å². The monoisotopic (exact) mass is 668 g/mol. The van der Waals surface area contributed by atoms with Crippen molar-refractivity contribution in [1.29, 1.82) is 0 Å². The summed E-state index contributed by atoms with van der Waals surface area (Å²) in [4.78, 5) is 34.3. The summed E-state index contributed by atoms with van der Waals surface area (Å²) < 4.78 is 33.9. The summed E-state index contributed by atoms with van der Waals surface area (Å²) in [5.74, 6) is -3.46. The third kappa shape index (κ3) is 8.53. The van der Waals surface area contributed by atoms with Gasteiger partial charge in [0.2, 0.25) is 15.9 Å². The number of nitro groups is 1. The molecule has 0 radical (unpaired) electrons. The maximum atomic E-state index is 12.7. The molecule has 0 bridgehead atoms. The van der Waals surface area contributed by atoms with Crippen LogP contribution >= 0.6 is 0 Å². The molecule has 46 heavy (non-hydrogen) atoms. The van der Waals surface area contributed by atoms with Crippen molar-refractivity contribution in [2.75, 3.05) is 18.5 Å². The van der Waals surface area contributed by atoms with Gasteiger partial charge in [-0.2, -0.15) is 0 Å². The van der Waals surface area contributed by atoms with Gasteiger partial charge in [0.15, 0.2) is 0 Å². The number of nitrogens with zero attached hydrogens (tertiary/aromatic N) is 4. The standard InChI is InChI=1S/C27H30N6O11S.Na/c1-15-21(12-23(27(38)39)44-26(15)25(37)22(35)14-34)32-13-20(30-31-32)18-4-2-3-5-19(18)29-24(36)10-11-28-45(42,43)17-8-6-16(7-9-17)33(40)41;/h2-9,12-13,15,21-22,25-26,28,34-35,37H,10-11,14H2,1H3,(H,29,36)(H,38,39);/q;+1/p-1/t15-,21+,22-,25-,26-;/m1./s1. The largest absolute Gasteiger partial charge is 1.00 e. The number of para-hydroxylation sites is 1. The number of rotatable bonds is 13. The molecule has 1 amide bonds. The molecule has 5 atom stereocenters. The Morgan fingerprint density at radius 1 is 1.15 bits per heavy atom. The van der Waals surface area contributed by atoms with E-state index >= 15 is 0 Å². The second-order valence-electron chi connectivity index (χ2n) is 10.1. The quantitative estimate of drug-likeness (QED) is 0.0664. The molecule has 0 aliphatic carbocycles. The van der Waals surface area contributed by atoms with Crippen LogP contribution in [0.4, 0.5) is 11.4 Å². The van der Waals surface area contributed by atoms with Crippen LogP contribution in [0.15, 0.2) is 71.5 Å². The topological polar surface area (TPSA) is 259 Å². The number of carbonyl (C=O) groups is 2. The van der Waals surface area contributed by atoms with E-state index in [-0.39, 0.29) is 58.8 Å². The zero-order valence-electron chi connectivity index (χ0n) is 24.6. The van der Waals surface area contributed by atoms with Crippen molar-refractivity contribution < 1.29 is 77.7 Å². The number of benzene rings is 2. The summed E-state index contributed by atoms with van der Waals surface area (Å²) in [6.07, 6.45) is -2.03. The smallest absolute Gasteiger partial charge is 0.542 e. The Morgan fingerprint density at radius 2 is 1.83 bits per heavy atom. The normalized spacial score (nSPS) is 19.1. The van der Waals surface area contributed by atoms with Crippen molar-refractivity contribution in [2.45, 2.75) is 42.6 Å². The number of carboxylic acid groups (broad SMARTS) is 1. The Morgan fingerprint density at radius 3 is 2.46 bits per heavy atom. The summed E-state index contributed by atoms with van der Waals surface area (Å²) in [5.41, 5.74) is 0.756. The van der Waals surface area contributed by atoms with Gasteiger partial charge in [-0.05, 0) is 24.3 Å². The van der Waals surface area contributed by atoms with Crippen molar-refractivity contribution in [3.8, 4) is 11.3 Å². The van der Waals surface area contributed by atoms with Gasteiger partial charge in [-0.15, -0.1) is 5.10 Å². The minimum Gasteiger partial charge on any atom is -0.542 e. The third-order valence-corrected chi connectivity index (χ3v) is 8.53. The molecule has 1 aromatic heterocycles. The first kappa shape index (κ1) is 36.7. The summed E-state index contributed by atoms with van der Waals surface area (Å²) >= 11 is 0. The van der Waals surface area contributed by atoms with E-state index in [1.54, 1.807) is 31.2 Å². The molecule has 2 heterocycles. The van der Waals surface area contributed by atoms with Crippen LogP contribution in [0.25, 0.3) is 11.3 Å². The predicted octanol–water partition coefficient (Wildman–Crippen LogP) is -3.91. The average Bonchev–Trinajstić information content (AvgIpc) is 3.50.